The minimum absolute atomic E-state index is 0.0664. The smallest absolute Gasteiger partial charge is 0.408 e. The number of carbonyl (C=O) groups is 4. The first-order chi connectivity index (χ1) is 22.8. The molecule has 3 aliphatic rings. The Morgan fingerprint density at radius 2 is 1.79 bits per heavy atom. The van der Waals surface area contributed by atoms with Crippen molar-refractivity contribution < 1.29 is 32.3 Å². The van der Waals surface area contributed by atoms with Crippen LogP contribution in [0.15, 0.2) is 54.6 Å². The van der Waals surface area contributed by atoms with Crippen molar-refractivity contribution in [2.75, 3.05) is 13.1 Å². The van der Waals surface area contributed by atoms with E-state index < -0.39 is 57.3 Å². The standard InChI is InChI=1S/C35H47N5O7S/c1-34(2,3)47-33(44)37-28-18-8-6-4-5-7-16-26-23-35(26,38-30(41)29-19-12-22-40(29)31(28)42)32(43)39-48(45,46)36-21-20-25-15-11-14-24-13-9-10-17-27(24)25/h7,9-11,13-17,26,28-29,36H,4-6,8,12,18-23H2,1-3H3,(H,37,44)(H,38,41)(H,39,43)/t26-,28+,29+,35-/m1/s1. The number of benzene rings is 2. The van der Waals surface area contributed by atoms with E-state index in [1.807, 2.05) is 54.6 Å². The Morgan fingerprint density at radius 1 is 1.02 bits per heavy atom. The molecular weight excluding hydrogens is 634 g/mol. The molecule has 48 heavy (non-hydrogen) atoms. The van der Waals surface area contributed by atoms with Crippen LogP contribution in [0.25, 0.3) is 10.8 Å². The molecule has 0 bridgehead atoms. The maximum atomic E-state index is 13.8. The highest BCUT2D eigenvalue weighted by atomic mass is 32.2. The van der Waals surface area contributed by atoms with Gasteiger partial charge in [-0.2, -0.15) is 13.1 Å². The zero-order chi connectivity index (χ0) is 34.5. The molecule has 2 heterocycles. The number of nitrogens with one attached hydrogen (secondary N) is 4. The van der Waals surface area contributed by atoms with E-state index in [4.69, 9.17) is 4.74 Å². The topological polar surface area (TPSA) is 163 Å². The third kappa shape index (κ3) is 8.73. The molecule has 0 radical (unpaired) electrons. The lowest BCUT2D eigenvalue weighted by atomic mass is 10.0. The average molecular weight is 682 g/mol. The number of nitrogens with zero attached hydrogens (tertiary/aromatic N) is 1. The lowest BCUT2D eigenvalue weighted by molar-refractivity contribution is -0.141. The van der Waals surface area contributed by atoms with Crippen LogP contribution in [0, 0.1) is 5.92 Å². The highest BCUT2D eigenvalue weighted by molar-refractivity contribution is 7.88. The third-order valence-electron chi connectivity index (χ3n) is 9.12. The maximum absolute atomic E-state index is 13.8. The number of allylic oxidation sites excluding steroid dienone is 1. The van der Waals surface area contributed by atoms with Gasteiger partial charge in [0.25, 0.3) is 5.91 Å². The Hall–Kier alpha value is -3.97. The zero-order valence-electron chi connectivity index (χ0n) is 27.9. The minimum atomic E-state index is -4.25. The molecule has 4 N–H and O–H groups in total. The summed E-state index contributed by atoms with van der Waals surface area (Å²) >= 11 is 0. The van der Waals surface area contributed by atoms with Crippen LogP contribution in [-0.4, -0.2) is 73.4 Å². The van der Waals surface area contributed by atoms with Gasteiger partial charge in [0, 0.05) is 19.0 Å². The summed E-state index contributed by atoms with van der Waals surface area (Å²) in [7, 11) is -4.25. The molecule has 2 aromatic carbocycles. The molecule has 13 heteroatoms. The van der Waals surface area contributed by atoms with Gasteiger partial charge in [-0.15, -0.1) is 0 Å². The molecular formula is C35H47N5O7S. The van der Waals surface area contributed by atoms with Crippen LogP contribution in [-0.2, 0) is 35.8 Å². The van der Waals surface area contributed by atoms with Crippen LogP contribution >= 0.6 is 0 Å². The third-order valence-corrected chi connectivity index (χ3v) is 10.2. The van der Waals surface area contributed by atoms with Crippen LogP contribution in [0.5, 0.6) is 0 Å². The molecule has 1 saturated carbocycles. The summed E-state index contributed by atoms with van der Waals surface area (Å²) in [5.74, 6) is -2.13. The number of alkyl carbamates (subject to hydrolysis) is 1. The van der Waals surface area contributed by atoms with E-state index in [0.717, 1.165) is 29.2 Å². The van der Waals surface area contributed by atoms with Crippen molar-refractivity contribution in [2.24, 2.45) is 5.92 Å². The van der Waals surface area contributed by atoms with Crippen LogP contribution < -0.4 is 20.1 Å². The van der Waals surface area contributed by atoms with Crippen molar-refractivity contribution in [1.29, 1.82) is 0 Å². The van der Waals surface area contributed by atoms with Crippen LogP contribution in [0.2, 0.25) is 0 Å². The van der Waals surface area contributed by atoms with Crippen molar-refractivity contribution >= 4 is 44.8 Å². The summed E-state index contributed by atoms with van der Waals surface area (Å²) in [5.41, 5.74) is -1.24. The van der Waals surface area contributed by atoms with Gasteiger partial charge in [-0.25, -0.2) is 9.52 Å². The number of carbonyl (C=O) groups excluding carboxylic acids is 4. The van der Waals surface area contributed by atoms with E-state index >= 15 is 0 Å². The molecule has 2 fully saturated rings. The van der Waals surface area contributed by atoms with E-state index in [9.17, 15) is 27.6 Å². The second-order valence-electron chi connectivity index (χ2n) is 13.9. The van der Waals surface area contributed by atoms with Crippen molar-refractivity contribution in [1.82, 2.24) is 25.0 Å². The first-order valence-electron chi connectivity index (χ1n) is 16.9. The monoisotopic (exact) mass is 681 g/mol. The fourth-order valence-electron chi connectivity index (χ4n) is 6.62. The molecule has 1 aliphatic carbocycles. The minimum Gasteiger partial charge on any atom is -0.444 e. The molecule has 0 spiro atoms. The fourth-order valence-corrected chi connectivity index (χ4v) is 7.49. The molecule has 4 amide bonds. The summed E-state index contributed by atoms with van der Waals surface area (Å²) in [6.07, 6.45) is 8.13. The predicted molar refractivity (Wildman–Crippen MR) is 182 cm³/mol. The SMILES string of the molecule is CC(C)(C)OC(=O)N[C@H]1CCCCCC=C[C@@H]2C[C@@]2(C(=O)NS(=O)(=O)NCCc2cccc3ccccc23)NC(=O)[C@@H]2CCCN2C1=O. The van der Waals surface area contributed by atoms with Crippen molar-refractivity contribution in [3.05, 3.63) is 60.2 Å². The van der Waals surface area contributed by atoms with Gasteiger partial charge in [-0.05, 0) is 82.1 Å². The summed E-state index contributed by atoms with van der Waals surface area (Å²) in [5, 5.41) is 7.63. The largest absolute Gasteiger partial charge is 0.444 e. The molecule has 0 aromatic heterocycles. The molecule has 4 atom stereocenters. The molecule has 12 nitrogen and oxygen atoms in total. The van der Waals surface area contributed by atoms with Gasteiger partial charge in [-0.1, -0.05) is 67.5 Å². The first-order valence-corrected chi connectivity index (χ1v) is 18.3. The van der Waals surface area contributed by atoms with E-state index in [2.05, 4.69) is 20.1 Å². The van der Waals surface area contributed by atoms with Gasteiger partial charge in [0.1, 0.15) is 23.2 Å². The summed E-state index contributed by atoms with van der Waals surface area (Å²) in [6.45, 7) is 5.61. The van der Waals surface area contributed by atoms with Crippen LogP contribution in [0.3, 0.4) is 0 Å². The van der Waals surface area contributed by atoms with E-state index in [-0.39, 0.29) is 18.9 Å². The van der Waals surface area contributed by atoms with Gasteiger partial charge in [-0.3, -0.25) is 14.4 Å². The highest BCUT2D eigenvalue weighted by Gasteiger charge is 2.61. The number of ether oxygens (including phenoxy) is 1. The van der Waals surface area contributed by atoms with Crippen LogP contribution in [0.4, 0.5) is 4.79 Å². The first kappa shape index (κ1) is 35.3. The molecule has 260 valence electrons. The van der Waals surface area contributed by atoms with Gasteiger partial charge >= 0.3 is 16.3 Å². The van der Waals surface area contributed by atoms with Gasteiger partial charge in [0.2, 0.25) is 11.8 Å². The Bertz CT molecular complexity index is 1670. The Balaban J connectivity index is 1.28. The fraction of sp³-hybridized carbons (Fsp3) is 0.543. The Morgan fingerprint density at radius 3 is 2.58 bits per heavy atom. The lowest BCUT2D eigenvalue weighted by Crippen LogP contribution is -2.59. The molecule has 2 aliphatic heterocycles. The normalized spacial score (nSPS) is 25.2. The maximum Gasteiger partial charge on any atom is 0.408 e. The van der Waals surface area contributed by atoms with E-state index in [1.54, 1.807) is 20.8 Å². The number of fused-ring (bicyclic) bond motifs is 3. The zero-order valence-corrected chi connectivity index (χ0v) is 28.7. The molecule has 1 saturated heterocycles. The Kier molecular flexibility index (Phi) is 10.8. The highest BCUT2D eigenvalue weighted by Crippen LogP contribution is 2.45. The van der Waals surface area contributed by atoms with E-state index in [1.165, 1.54) is 4.90 Å². The molecule has 0 unspecified atom stereocenters. The Labute approximate surface area is 282 Å². The number of rotatable bonds is 7. The second kappa shape index (κ2) is 14.7. The second-order valence-corrected chi connectivity index (χ2v) is 15.4. The van der Waals surface area contributed by atoms with E-state index in [0.29, 0.717) is 45.1 Å². The van der Waals surface area contributed by atoms with Crippen molar-refractivity contribution in [3.8, 4) is 0 Å². The predicted octanol–water partition coefficient (Wildman–Crippen LogP) is 3.61. The number of amides is 4. The summed E-state index contributed by atoms with van der Waals surface area (Å²) in [4.78, 5) is 55.3. The lowest BCUT2D eigenvalue weighted by Gasteiger charge is -2.30. The summed E-state index contributed by atoms with van der Waals surface area (Å²) < 4.78 is 36.1. The average Bonchev–Trinajstić information content (AvgIpc) is 3.48. The van der Waals surface area contributed by atoms with Gasteiger partial charge in [0.15, 0.2) is 0 Å². The van der Waals surface area contributed by atoms with Crippen LogP contribution in [0.1, 0.15) is 77.7 Å². The molecule has 2 aromatic rings. The summed E-state index contributed by atoms with van der Waals surface area (Å²) in [6, 6.07) is 12.0. The molecule has 5 rings (SSSR count). The van der Waals surface area contributed by atoms with Gasteiger partial charge in [0.05, 0.1) is 0 Å². The van der Waals surface area contributed by atoms with Crippen molar-refractivity contribution in [3.63, 3.8) is 0 Å². The number of hydrogen-bond donors (Lipinski definition) is 4. The number of hydrogen-bond acceptors (Lipinski definition) is 7. The van der Waals surface area contributed by atoms with Crippen molar-refractivity contribution in [2.45, 2.75) is 102 Å². The van der Waals surface area contributed by atoms with Gasteiger partial charge < -0.3 is 20.3 Å². The quantitative estimate of drug-likeness (QED) is 0.325.